The molecule has 0 saturated carbocycles. The topological polar surface area (TPSA) is 84.9 Å². The van der Waals surface area contributed by atoms with E-state index in [0.717, 1.165) is 23.3 Å². The first-order chi connectivity index (χ1) is 15.0. The number of Topliss-reactive ketones (excluding diaryl/α,β-unsaturated/α-hetero) is 1. The number of allylic oxidation sites excluding steroid dienone is 2. The van der Waals surface area contributed by atoms with Gasteiger partial charge in [-0.15, -0.1) is 0 Å². The van der Waals surface area contributed by atoms with Gasteiger partial charge in [0.25, 0.3) is 0 Å². The molecule has 1 aliphatic heterocycles. The van der Waals surface area contributed by atoms with Gasteiger partial charge in [-0.3, -0.25) is 9.59 Å². The Balaban J connectivity index is 1.61. The Morgan fingerprint density at radius 1 is 1.03 bits per heavy atom. The Morgan fingerprint density at radius 3 is 2.45 bits per heavy atom. The molecule has 6 heteroatoms. The van der Waals surface area contributed by atoms with E-state index in [1.165, 1.54) is 7.11 Å². The van der Waals surface area contributed by atoms with Crippen LogP contribution in [0.2, 0.25) is 0 Å². The van der Waals surface area contributed by atoms with Gasteiger partial charge in [-0.25, -0.2) is 0 Å². The fourth-order valence-electron chi connectivity index (χ4n) is 4.46. The number of ketones is 1. The second kappa shape index (κ2) is 8.84. The number of phenolic OH excluding ortho intramolecular Hbond substituents is 1. The average Bonchev–Trinajstić information content (AvgIpc) is 2.77. The van der Waals surface area contributed by atoms with Gasteiger partial charge in [0.15, 0.2) is 17.3 Å². The number of benzene rings is 2. The van der Waals surface area contributed by atoms with E-state index in [2.05, 4.69) is 12.2 Å². The molecule has 31 heavy (non-hydrogen) atoms. The van der Waals surface area contributed by atoms with E-state index in [9.17, 15) is 14.7 Å². The van der Waals surface area contributed by atoms with Crippen molar-refractivity contribution in [2.75, 3.05) is 13.7 Å². The molecule has 2 aliphatic rings. The number of hydrogen-bond acceptors (Lipinski definition) is 5. The van der Waals surface area contributed by atoms with Crippen molar-refractivity contribution in [3.05, 3.63) is 64.9 Å². The number of hydrogen-bond donors (Lipinski definition) is 2. The van der Waals surface area contributed by atoms with Crippen molar-refractivity contribution in [1.82, 2.24) is 5.32 Å². The average molecular weight is 421 g/mol. The van der Waals surface area contributed by atoms with Gasteiger partial charge < -0.3 is 19.9 Å². The van der Waals surface area contributed by atoms with E-state index in [4.69, 9.17) is 9.47 Å². The number of carbonyl (C=O) groups is 2. The lowest BCUT2D eigenvalue weighted by atomic mass is 9.73. The second-order valence-electron chi connectivity index (χ2n) is 8.07. The third kappa shape index (κ3) is 4.29. The summed E-state index contributed by atoms with van der Waals surface area (Å²) in [7, 11) is 1.48. The summed E-state index contributed by atoms with van der Waals surface area (Å²) in [4.78, 5) is 25.6. The largest absolute Gasteiger partial charge is 0.504 e. The van der Waals surface area contributed by atoms with Crippen LogP contribution in [-0.2, 0) is 9.59 Å². The molecular formula is C25H27NO5. The highest BCUT2D eigenvalue weighted by atomic mass is 16.5. The summed E-state index contributed by atoms with van der Waals surface area (Å²) in [5.74, 6) is 0.750. The molecule has 1 aliphatic carbocycles. The Bertz CT molecular complexity index is 1020. The molecule has 2 aromatic carbocycles. The van der Waals surface area contributed by atoms with Gasteiger partial charge in [-0.05, 0) is 54.2 Å². The van der Waals surface area contributed by atoms with Crippen molar-refractivity contribution < 1.29 is 24.2 Å². The van der Waals surface area contributed by atoms with Crippen LogP contribution in [0.15, 0.2) is 53.7 Å². The van der Waals surface area contributed by atoms with Gasteiger partial charge in [-0.2, -0.15) is 0 Å². The summed E-state index contributed by atoms with van der Waals surface area (Å²) in [6, 6.07) is 12.9. The van der Waals surface area contributed by atoms with Crippen molar-refractivity contribution in [1.29, 1.82) is 0 Å². The highest BCUT2D eigenvalue weighted by Gasteiger charge is 2.38. The quantitative estimate of drug-likeness (QED) is 0.730. The van der Waals surface area contributed by atoms with E-state index < -0.39 is 0 Å². The number of ether oxygens (including phenoxy) is 2. The van der Waals surface area contributed by atoms with E-state index in [0.29, 0.717) is 36.5 Å². The summed E-state index contributed by atoms with van der Waals surface area (Å²) in [5.41, 5.74) is 3.15. The maximum Gasteiger partial charge on any atom is 0.225 e. The molecule has 6 nitrogen and oxygen atoms in total. The molecule has 0 bridgehead atoms. The first kappa shape index (κ1) is 21.0. The minimum absolute atomic E-state index is 0.000326. The molecule has 0 spiro atoms. The Morgan fingerprint density at radius 2 is 1.77 bits per heavy atom. The van der Waals surface area contributed by atoms with Crippen LogP contribution in [0.5, 0.6) is 17.2 Å². The monoisotopic (exact) mass is 421 g/mol. The van der Waals surface area contributed by atoms with Crippen LogP contribution in [0.25, 0.3) is 0 Å². The van der Waals surface area contributed by atoms with Crippen molar-refractivity contribution in [3.8, 4) is 17.2 Å². The number of rotatable bonds is 6. The Labute approximate surface area is 181 Å². The minimum atomic E-state index is -0.362. The summed E-state index contributed by atoms with van der Waals surface area (Å²) in [6.07, 6.45) is 2.12. The van der Waals surface area contributed by atoms with Gasteiger partial charge in [0.1, 0.15) is 5.75 Å². The molecule has 2 unspecified atom stereocenters. The molecule has 1 amide bonds. The highest BCUT2D eigenvalue weighted by Crippen LogP contribution is 2.44. The third-order valence-electron chi connectivity index (χ3n) is 5.97. The fourth-order valence-corrected chi connectivity index (χ4v) is 4.46. The highest BCUT2D eigenvalue weighted by molar-refractivity contribution is 6.02. The van der Waals surface area contributed by atoms with E-state index in [1.54, 1.807) is 18.2 Å². The minimum Gasteiger partial charge on any atom is -0.504 e. The van der Waals surface area contributed by atoms with Crippen LogP contribution in [0.1, 0.15) is 55.6 Å². The lowest BCUT2D eigenvalue weighted by Gasteiger charge is -2.34. The normalized spacial score (nSPS) is 20.8. The summed E-state index contributed by atoms with van der Waals surface area (Å²) >= 11 is 0. The molecular weight excluding hydrogens is 394 g/mol. The standard InChI is InChI=1S/C25H27NO5/c1-3-10-31-18-7-4-15(5-8-18)17-11-20-25(22(28)13-17)19(14-24(29)26-20)16-6-9-23(30-2)21(27)12-16/h4-9,12,17,19,27H,3,10-11,13-14H2,1-2H3,(H,26,29). The number of methoxy groups -OCH3 is 1. The van der Waals surface area contributed by atoms with Crippen LogP contribution in [0, 0.1) is 0 Å². The summed E-state index contributed by atoms with van der Waals surface area (Å²) in [6.45, 7) is 2.73. The van der Waals surface area contributed by atoms with Gasteiger partial charge in [0.2, 0.25) is 5.91 Å². The lowest BCUT2D eigenvalue weighted by molar-refractivity contribution is -0.122. The molecule has 1 heterocycles. The van der Waals surface area contributed by atoms with Crippen molar-refractivity contribution in [2.45, 2.75) is 44.4 Å². The molecule has 0 fully saturated rings. The first-order valence-electron chi connectivity index (χ1n) is 10.7. The zero-order valence-corrected chi connectivity index (χ0v) is 17.8. The van der Waals surface area contributed by atoms with Gasteiger partial charge in [-0.1, -0.05) is 25.1 Å². The number of aromatic hydroxyl groups is 1. The molecule has 0 aromatic heterocycles. The molecule has 2 atom stereocenters. The van der Waals surface area contributed by atoms with Crippen LogP contribution in [0.4, 0.5) is 0 Å². The number of carbonyl (C=O) groups excluding carboxylic acids is 2. The molecule has 162 valence electrons. The summed E-state index contributed by atoms with van der Waals surface area (Å²) in [5, 5.41) is 13.1. The van der Waals surface area contributed by atoms with Gasteiger partial charge >= 0.3 is 0 Å². The van der Waals surface area contributed by atoms with E-state index in [-0.39, 0.29) is 35.7 Å². The van der Waals surface area contributed by atoms with Crippen LogP contribution >= 0.6 is 0 Å². The smallest absolute Gasteiger partial charge is 0.225 e. The van der Waals surface area contributed by atoms with E-state index in [1.807, 2.05) is 24.3 Å². The first-order valence-corrected chi connectivity index (χ1v) is 10.7. The molecule has 0 saturated heterocycles. The molecule has 0 radical (unpaired) electrons. The maximum absolute atomic E-state index is 13.2. The SMILES string of the molecule is CCCOc1ccc(C2CC(=O)C3=C(C2)NC(=O)CC3c2ccc(OC)c(O)c2)cc1. The van der Waals surface area contributed by atoms with Crippen molar-refractivity contribution >= 4 is 11.7 Å². The number of amides is 1. The number of phenols is 1. The fraction of sp³-hybridized carbons (Fsp3) is 0.360. The predicted molar refractivity (Wildman–Crippen MR) is 116 cm³/mol. The number of nitrogens with one attached hydrogen (secondary N) is 1. The van der Waals surface area contributed by atoms with Crippen molar-refractivity contribution in [3.63, 3.8) is 0 Å². The van der Waals surface area contributed by atoms with Crippen molar-refractivity contribution in [2.24, 2.45) is 0 Å². The van der Waals surface area contributed by atoms with Gasteiger partial charge in [0.05, 0.1) is 13.7 Å². The zero-order valence-electron chi connectivity index (χ0n) is 17.8. The Kier molecular flexibility index (Phi) is 5.98. The summed E-state index contributed by atoms with van der Waals surface area (Å²) < 4.78 is 10.8. The lowest BCUT2D eigenvalue weighted by Crippen LogP contribution is -2.38. The zero-order chi connectivity index (χ0) is 22.0. The Hall–Kier alpha value is -3.28. The van der Waals surface area contributed by atoms with Crippen LogP contribution in [-0.4, -0.2) is 30.5 Å². The molecule has 4 rings (SSSR count). The van der Waals surface area contributed by atoms with E-state index >= 15 is 0 Å². The van der Waals surface area contributed by atoms with Crippen LogP contribution in [0.3, 0.4) is 0 Å². The predicted octanol–water partition coefficient (Wildman–Crippen LogP) is 4.19. The molecule has 2 N–H and O–H groups in total. The maximum atomic E-state index is 13.2. The second-order valence-corrected chi connectivity index (χ2v) is 8.07. The van der Waals surface area contributed by atoms with Gasteiger partial charge in [0, 0.05) is 30.0 Å². The molecule has 2 aromatic rings. The van der Waals surface area contributed by atoms with Crippen LogP contribution < -0.4 is 14.8 Å². The third-order valence-corrected chi connectivity index (χ3v) is 5.97.